The van der Waals surface area contributed by atoms with Crippen molar-refractivity contribution in [2.45, 2.75) is 72.2 Å². The van der Waals surface area contributed by atoms with Gasteiger partial charge in [-0.3, -0.25) is 4.79 Å². The number of benzene rings is 2. The van der Waals surface area contributed by atoms with E-state index in [-0.39, 0.29) is 23.8 Å². The maximum absolute atomic E-state index is 13.9. The van der Waals surface area contributed by atoms with E-state index in [0.717, 1.165) is 6.07 Å². The number of alkyl halides is 3. The summed E-state index contributed by atoms with van der Waals surface area (Å²) in [4.78, 5) is 13.1. The molecule has 1 amide bonds. The second kappa shape index (κ2) is 11.3. The minimum atomic E-state index is -4.53. The number of carbonyl (C=O) groups is 1. The number of aromatic nitrogens is 1. The number of nitrogens with zero attached hydrogens (tertiary/aromatic N) is 1. The molecule has 208 valence electrons. The monoisotopic (exact) mass is 542 g/mol. The second-order valence-electron chi connectivity index (χ2n) is 10.5. The zero-order chi connectivity index (χ0) is 28.5. The van der Waals surface area contributed by atoms with Crippen molar-refractivity contribution in [2.75, 3.05) is 0 Å². The molecule has 6 nitrogen and oxygen atoms in total. The van der Waals surface area contributed by atoms with E-state index in [1.807, 2.05) is 13.8 Å². The maximum Gasteiger partial charge on any atom is 0.416 e. The van der Waals surface area contributed by atoms with Crippen LogP contribution in [0.25, 0.3) is 11.0 Å². The van der Waals surface area contributed by atoms with Crippen LogP contribution in [0, 0.1) is 26.7 Å². The van der Waals surface area contributed by atoms with Gasteiger partial charge in [0, 0.05) is 5.39 Å². The number of aliphatic hydroxyl groups is 1. The van der Waals surface area contributed by atoms with E-state index in [9.17, 15) is 23.1 Å². The Morgan fingerprint density at radius 3 is 2.44 bits per heavy atom. The van der Waals surface area contributed by atoms with Gasteiger partial charge >= 0.3 is 6.18 Å². The molecule has 2 atom stereocenters. The second-order valence-corrected chi connectivity index (χ2v) is 10.5. The highest BCUT2D eigenvalue weighted by Gasteiger charge is 2.35. The summed E-state index contributed by atoms with van der Waals surface area (Å²) < 4.78 is 52.6. The molecule has 0 saturated carbocycles. The Morgan fingerprint density at radius 1 is 1.05 bits per heavy atom. The van der Waals surface area contributed by atoms with Crippen LogP contribution in [0.2, 0.25) is 0 Å². The molecule has 2 N–H and O–H groups in total. The maximum atomic E-state index is 13.9. The highest BCUT2D eigenvalue weighted by atomic mass is 19.4. The number of aliphatic hydroxyl groups excluding tert-OH is 1. The lowest BCUT2D eigenvalue weighted by Crippen LogP contribution is -2.31. The minimum Gasteiger partial charge on any atom is -0.458 e. The zero-order valence-electron chi connectivity index (χ0n) is 22.6. The quantitative estimate of drug-likeness (QED) is 0.232. The van der Waals surface area contributed by atoms with Gasteiger partial charge in [-0.2, -0.15) is 13.2 Å². The van der Waals surface area contributed by atoms with Crippen LogP contribution >= 0.6 is 0 Å². The van der Waals surface area contributed by atoms with Crippen molar-refractivity contribution in [3.8, 4) is 0 Å². The van der Waals surface area contributed by atoms with E-state index < -0.39 is 23.9 Å². The van der Waals surface area contributed by atoms with Crippen LogP contribution in [0.4, 0.5) is 13.2 Å². The molecule has 2 heterocycles. The average Bonchev–Trinajstić information content (AvgIpc) is 3.43. The third-order valence-electron chi connectivity index (χ3n) is 6.85. The number of hydrogen-bond acceptors (Lipinski definition) is 5. The van der Waals surface area contributed by atoms with Gasteiger partial charge in [0.05, 0.1) is 29.3 Å². The highest BCUT2D eigenvalue weighted by molar-refractivity contribution is 5.83. The molecule has 2 aromatic carbocycles. The predicted molar refractivity (Wildman–Crippen MR) is 141 cm³/mol. The summed E-state index contributed by atoms with van der Waals surface area (Å²) >= 11 is 0. The summed E-state index contributed by atoms with van der Waals surface area (Å²) in [5, 5.41) is 18.2. The van der Waals surface area contributed by atoms with Crippen molar-refractivity contribution < 1.29 is 32.0 Å². The van der Waals surface area contributed by atoms with Crippen LogP contribution in [0.1, 0.15) is 83.9 Å². The summed E-state index contributed by atoms with van der Waals surface area (Å²) in [5.74, 6) is 0.694. The van der Waals surface area contributed by atoms with E-state index in [2.05, 4.69) is 10.5 Å². The third kappa shape index (κ3) is 6.53. The molecular formula is C30H33F3N2O4. The molecule has 0 saturated heterocycles. The minimum absolute atomic E-state index is 0.0196. The number of hydrogen-bond donors (Lipinski definition) is 2. The number of fused-ring (bicyclic) bond motifs is 1. The van der Waals surface area contributed by atoms with Crippen molar-refractivity contribution in [1.29, 1.82) is 0 Å². The molecule has 4 aromatic rings. The van der Waals surface area contributed by atoms with E-state index in [1.54, 1.807) is 51.1 Å². The number of furan rings is 1. The Balaban J connectivity index is 1.55. The fourth-order valence-corrected chi connectivity index (χ4v) is 4.84. The molecule has 39 heavy (non-hydrogen) atoms. The van der Waals surface area contributed by atoms with Crippen LogP contribution in [0.5, 0.6) is 0 Å². The van der Waals surface area contributed by atoms with Crippen LogP contribution in [0.3, 0.4) is 0 Å². The van der Waals surface area contributed by atoms with Crippen LogP contribution in [0.15, 0.2) is 51.4 Å². The number of halogens is 3. The first kappa shape index (κ1) is 28.4. The molecule has 0 spiro atoms. The molecule has 2 aromatic heterocycles. The predicted octanol–water partition coefficient (Wildman–Crippen LogP) is 7.28. The van der Waals surface area contributed by atoms with Crippen LogP contribution in [-0.4, -0.2) is 16.2 Å². The number of amides is 1. The Morgan fingerprint density at radius 2 is 1.79 bits per heavy atom. The first-order chi connectivity index (χ1) is 18.3. The topological polar surface area (TPSA) is 88.5 Å². The fraction of sp³-hybridized carbons (Fsp3) is 0.400. The van der Waals surface area contributed by atoms with Gasteiger partial charge in [-0.25, -0.2) is 0 Å². The standard InChI is InChI=1S/C30H33F3N2O4/c1-16(2)6-10-24(22-9-7-17(3)12-23(22)30(31,32)33)34-27(36)14-20-8-11-25-21(13-20)15-26(38-25)29(37)28-18(4)35-39-19(28)5/h7-9,11-13,15-16,24,29,37H,6,10,14H2,1-5H3,(H,34,36). The van der Waals surface area contributed by atoms with Gasteiger partial charge in [-0.15, -0.1) is 0 Å². The number of carbonyl (C=O) groups excluding carboxylic acids is 1. The van der Waals surface area contributed by atoms with Gasteiger partial charge in [-0.05, 0) is 74.9 Å². The van der Waals surface area contributed by atoms with E-state index in [4.69, 9.17) is 8.94 Å². The molecule has 9 heteroatoms. The fourth-order valence-electron chi connectivity index (χ4n) is 4.84. The Kier molecular flexibility index (Phi) is 8.20. The lowest BCUT2D eigenvalue weighted by molar-refractivity contribution is -0.139. The van der Waals surface area contributed by atoms with E-state index in [1.165, 1.54) is 6.07 Å². The Bertz CT molecular complexity index is 1450. The van der Waals surface area contributed by atoms with Crippen molar-refractivity contribution in [2.24, 2.45) is 5.92 Å². The van der Waals surface area contributed by atoms with Crippen molar-refractivity contribution in [1.82, 2.24) is 10.5 Å². The van der Waals surface area contributed by atoms with Crippen molar-refractivity contribution >= 4 is 16.9 Å². The Labute approximate surface area is 225 Å². The number of rotatable bonds is 9. The van der Waals surface area contributed by atoms with Gasteiger partial charge in [0.1, 0.15) is 23.2 Å². The smallest absolute Gasteiger partial charge is 0.416 e. The normalized spacial score (nSPS) is 13.7. The number of aryl methyl sites for hydroxylation is 3. The average molecular weight is 543 g/mol. The van der Waals surface area contributed by atoms with Gasteiger partial charge in [-0.1, -0.05) is 42.8 Å². The molecule has 0 aliphatic rings. The van der Waals surface area contributed by atoms with Crippen molar-refractivity contribution in [3.63, 3.8) is 0 Å². The SMILES string of the molecule is Cc1ccc(C(CCC(C)C)NC(=O)Cc2ccc3oc(C(O)c4c(C)noc4C)cc3c2)c(C(F)(F)F)c1. The molecule has 0 aliphatic carbocycles. The van der Waals surface area contributed by atoms with Crippen LogP contribution < -0.4 is 5.32 Å². The molecule has 0 radical (unpaired) electrons. The molecule has 0 aliphatic heterocycles. The molecule has 0 fully saturated rings. The molecular weight excluding hydrogens is 509 g/mol. The van der Waals surface area contributed by atoms with Gasteiger partial charge in [0.25, 0.3) is 0 Å². The first-order valence-electron chi connectivity index (χ1n) is 12.9. The van der Waals surface area contributed by atoms with Gasteiger partial charge < -0.3 is 19.4 Å². The van der Waals surface area contributed by atoms with Gasteiger partial charge in [0.2, 0.25) is 5.91 Å². The van der Waals surface area contributed by atoms with E-state index in [0.29, 0.717) is 57.7 Å². The first-order valence-corrected chi connectivity index (χ1v) is 12.9. The molecule has 2 unspecified atom stereocenters. The zero-order valence-corrected chi connectivity index (χ0v) is 22.6. The number of nitrogens with one attached hydrogen (secondary N) is 1. The largest absolute Gasteiger partial charge is 0.458 e. The molecule has 0 bridgehead atoms. The lowest BCUT2D eigenvalue weighted by Gasteiger charge is -2.24. The Hall–Kier alpha value is -3.59. The molecule has 4 rings (SSSR count). The van der Waals surface area contributed by atoms with E-state index >= 15 is 0 Å². The summed E-state index contributed by atoms with van der Waals surface area (Å²) in [6.07, 6.45) is -4.56. The van der Waals surface area contributed by atoms with Crippen molar-refractivity contribution in [3.05, 3.63) is 87.5 Å². The summed E-state index contributed by atoms with van der Waals surface area (Å²) in [7, 11) is 0. The highest BCUT2D eigenvalue weighted by Crippen LogP contribution is 2.37. The lowest BCUT2D eigenvalue weighted by atomic mass is 9.92. The third-order valence-corrected chi connectivity index (χ3v) is 6.85. The summed E-state index contributed by atoms with van der Waals surface area (Å²) in [6.45, 7) is 9.05. The van der Waals surface area contributed by atoms with Crippen LogP contribution in [-0.2, 0) is 17.4 Å². The summed E-state index contributed by atoms with van der Waals surface area (Å²) in [5.41, 5.74) is 2.16. The van der Waals surface area contributed by atoms with Gasteiger partial charge in [0.15, 0.2) is 0 Å². The summed E-state index contributed by atoms with van der Waals surface area (Å²) in [6, 6.07) is 10.4.